The average molecular weight is 378 g/mol. The van der Waals surface area contributed by atoms with Crippen molar-refractivity contribution in [2.24, 2.45) is 5.92 Å². The van der Waals surface area contributed by atoms with Crippen LogP contribution in [0.5, 0.6) is 0 Å². The van der Waals surface area contributed by atoms with Gasteiger partial charge in [-0.25, -0.2) is 9.59 Å². The van der Waals surface area contributed by atoms with Crippen LogP contribution < -0.4 is 0 Å². The molecule has 0 aliphatic heterocycles. The third kappa shape index (κ3) is 12.8. The summed E-state index contributed by atoms with van der Waals surface area (Å²) in [5.41, 5.74) is 0. The van der Waals surface area contributed by atoms with E-state index in [-0.39, 0.29) is 26.2 Å². The Morgan fingerprint density at radius 1 is 0.960 bits per heavy atom. The zero-order valence-electron chi connectivity index (χ0n) is 14.0. The minimum absolute atomic E-state index is 0.103. The van der Waals surface area contributed by atoms with E-state index in [0.717, 1.165) is 12.2 Å². The number of hydrogen-bond donors (Lipinski definition) is 1. The van der Waals surface area contributed by atoms with Crippen molar-refractivity contribution in [3.05, 3.63) is 24.3 Å². The topological polar surface area (TPSA) is 133 Å². The highest BCUT2D eigenvalue weighted by Crippen LogP contribution is 2.05. The SMILES string of the molecule is CC=CC(=O)OCC(COC(=O)C=CC)C(=O)OCCCS(=O)(=O)O. The highest BCUT2D eigenvalue weighted by molar-refractivity contribution is 7.85. The fourth-order valence-corrected chi connectivity index (χ4v) is 1.93. The van der Waals surface area contributed by atoms with Crippen molar-refractivity contribution in [1.29, 1.82) is 0 Å². The van der Waals surface area contributed by atoms with E-state index in [4.69, 9.17) is 18.8 Å². The lowest BCUT2D eigenvalue weighted by Crippen LogP contribution is -2.29. The largest absolute Gasteiger partial charge is 0.465 e. The second kappa shape index (κ2) is 12.2. The lowest BCUT2D eigenvalue weighted by atomic mass is 10.2. The molecule has 0 fully saturated rings. The molecule has 0 saturated carbocycles. The molecule has 0 atom stereocenters. The minimum atomic E-state index is -4.14. The van der Waals surface area contributed by atoms with Gasteiger partial charge in [0.1, 0.15) is 19.1 Å². The molecule has 9 nitrogen and oxygen atoms in total. The first-order valence-electron chi connectivity index (χ1n) is 7.40. The summed E-state index contributed by atoms with van der Waals surface area (Å²) in [6.45, 7) is 2.22. The zero-order valence-corrected chi connectivity index (χ0v) is 14.9. The zero-order chi connectivity index (χ0) is 19.3. The normalized spacial score (nSPS) is 12.9. The van der Waals surface area contributed by atoms with E-state index in [1.54, 1.807) is 13.8 Å². The van der Waals surface area contributed by atoms with Gasteiger partial charge in [0.15, 0.2) is 0 Å². The van der Waals surface area contributed by atoms with Crippen LogP contribution in [0.25, 0.3) is 0 Å². The first-order chi connectivity index (χ1) is 11.7. The molecule has 0 rings (SSSR count). The van der Waals surface area contributed by atoms with Crippen LogP contribution in [0.4, 0.5) is 0 Å². The molecule has 0 spiro atoms. The number of rotatable bonds is 11. The first kappa shape index (κ1) is 22.8. The van der Waals surface area contributed by atoms with Crippen molar-refractivity contribution in [3.63, 3.8) is 0 Å². The number of allylic oxidation sites excluding steroid dienone is 2. The summed E-state index contributed by atoms with van der Waals surface area (Å²) in [7, 11) is -4.14. The molecule has 0 saturated heterocycles. The van der Waals surface area contributed by atoms with E-state index in [1.165, 1.54) is 12.2 Å². The number of esters is 3. The van der Waals surface area contributed by atoms with Gasteiger partial charge in [-0.2, -0.15) is 8.42 Å². The maximum absolute atomic E-state index is 12.0. The van der Waals surface area contributed by atoms with Gasteiger partial charge >= 0.3 is 17.9 Å². The third-order valence-electron chi connectivity index (χ3n) is 2.58. The molecular weight excluding hydrogens is 356 g/mol. The van der Waals surface area contributed by atoms with Crippen LogP contribution in [0.2, 0.25) is 0 Å². The minimum Gasteiger partial charge on any atom is -0.465 e. The molecule has 0 aliphatic carbocycles. The maximum Gasteiger partial charge on any atom is 0.330 e. The number of ether oxygens (including phenoxy) is 3. The van der Waals surface area contributed by atoms with Crippen molar-refractivity contribution >= 4 is 28.0 Å². The molecule has 0 aromatic rings. The monoisotopic (exact) mass is 378 g/mol. The highest BCUT2D eigenvalue weighted by Gasteiger charge is 2.24. The van der Waals surface area contributed by atoms with Crippen molar-refractivity contribution in [2.45, 2.75) is 20.3 Å². The van der Waals surface area contributed by atoms with Crippen molar-refractivity contribution < 1.29 is 41.6 Å². The van der Waals surface area contributed by atoms with E-state index in [0.29, 0.717) is 0 Å². The van der Waals surface area contributed by atoms with Gasteiger partial charge in [0, 0.05) is 12.2 Å². The second-order valence-corrected chi connectivity index (χ2v) is 6.34. The van der Waals surface area contributed by atoms with Gasteiger partial charge in [0.2, 0.25) is 0 Å². The number of carbonyl (C=O) groups is 3. The summed E-state index contributed by atoms with van der Waals surface area (Å²) in [5, 5.41) is 0. The molecule has 0 aliphatic rings. The van der Waals surface area contributed by atoms with Gasteiger partial charge in [0.05, 0.1) is 12.4 Å². The third-order valence-corrected chi connectivity index (χ3v) is 3.39. The Hall–Kier alpha value is -2.20. The van der Waals surface area contributed by atoms with Gasteiger partial charge in [0.25, 0.3) is 10.1 Å². The Morgan fingerprint density at radius 2 is 1.44 bits per heavy atom. The summed E-state index contributed by atoms with van der Waals surface area (Å²) >= 11 is 0. The first-order valence-corrected chi connectivity index (χ1v) is 9.01. The van der Waals surface area contributed by atoms with Crippen LogP contribution in [-0.2, 0) is 38.7 Å². The highest BCUT2D eigenvalue weighted by atomic mass is 32.2. The molecule has 0 unspecified atom stereocenters. The standard InChI is InChI=1S/C15H22O9S/c1-3-6-13(16)23-10-12(11-24-14(17)7-4-2)15(18)22-8-5-9-25(19,20)21/h3-4,6-7,12H,5,8-11H2,1-2H3,(H,19,20,21). The van der Waals surface area contributed by atoms with Crippen LogP contribution in [0, 0.1) is 5.92 Å². The summed E-state index contributed by atoms with van der Waals surface area (Å²) in [5.74, 6) is -3.79. The maximum atomic E-state index is 12.0. The lowest BCUT2D eigenvalue weighted by molar-refractivity contribution is -0.157. The van der Waals surface area contributed by atoms with Gasteiger partial charge in [-0.15, -0.1) is 0 Å². The quantitative estimate of drug-likeness (QED) is 0.181. The van der Waals surface area contributed by atoms with Crippen LogP contribution in [0.15, 0.2) is 24.3 Å². The van der Waals surface area contributed by atoms with E-state index in [9.17, 15) is 22.8 Å². The molecular formula is C15H22O9S. The molecule has 0 amide bonds. The smallest absolute Gasteiger partial charge is 0.330 e. The molecule has 1 N–H and O–H groups in total. The molecule has 10 heteroatoms. The second-order valence-electron chi connectivity index (χ2n) is 4.76. The Kier molecular flexibility index (Phi) is 11.1. The lowest BCUT2D eigenvalue weighted by Gasteiger charge is -2.15. The van der Waals surface area contributed by atoms with E-state index >= 15 is 0 Å². The summed E-state index contributed by atoms with van der Waals surface area (Å²) < 4.78 is 44.3. The Morgan fingerprint density at radius 3 is 1.84 bits per heavy atom. The van der Waals surface area contributed by atoms with Gasteiger partial charge in [-0.1, -0.05) is 12.2 Å². The summed E-state index contributed by atoms with van der Waals surface area (Å²) in [6.07, 6.45) is 5.11. The summed E-state index contributed by atoms with van der Waals surface area (Å²) in [6, 6.07) is 0. The molecule has 0 aromatic heterocycles. The summed E-state index contributed by atoms with van der Waals surface area (Å²) in [4.78, 5) is 34.6. The molecule has 0 aromatic carbocycles. The average Bonchev–Trinajstić information content (AvgIpc) is 2.51. The van der Waals surface area contributed by atoms with Gasteiger partial charge in [-0.3, -0.25) is 9.35 Å². The van der Waals surface area contributed by atoms with Crippen LogP contribution in [0.1, 0.15) is 20.3 Å². The van der Waals surface area contributed by atoms with Crippen LogP contribution >= 0.6 is 0 Å². The Balaban J connectivity index is 4.59. The van der Waals surface area contributed by atoms with Crippen LogP contribution in [0.3, 0.4) is 0 Å². The van der Waals surface area contributed by atoms with Gasteiger partial charge in [-0.05, 0) is 20.3 Å². The predicted octanol–water partition coefficient (Wildman–Crippen LogP) is 0.662. The molecule has 0 radical (unpaired) electrons. The van der Waals surface area contributed by atoms with Crippen LogP contribution in [-0.4, -0.2) is 56.5 Å². The van der Waals surface area contributed by atoms with E-state index in [2.05, 4.69) is 0 Å². The van der Waals surface area contributed by atoms with E-state index in [1.807, 2.05) is 0 Å². The molecule has 25 heavy (non-hydrogen) atoms. The van der Waals surface area contributed by atoms with Crippen molar-refractivity contribution in [1.82, 2.24) is 0 Å². The predicted molar refractivity (Wildman–Crippen MR) is 87.0 cm³/mol. The Bertz CT molecular complexity index is 576. The number of hydrogen-bond acceptors (Lipinski definition) is 8. The van der Waals surface area contributed by atoms with E-state index < -0.39 is 39.7 Å². The van der Waals surface area contributed by atoms with Crippen molar-refractivity contribution in [2.75, 3.05) is 25.6 Å². The molecule has 0 bridgehead atoms. The fraction of sp³-hybridized carbons (Fsp3) is 0.533. The Labute approximate surface area is 146 Å². The molecule has 142 valence electrons. The number of carbonyl (C=O) groups excluding carboxylic acids is 3. The van der Waals surface area contributed by atoms with Crippen molar-refractivity contribution in [3.8, 4) is 0 Å². The van der Waals surface area contributed by atoms with Gasteiger partial charge < -0.3 is 14.2 Å². The fourth-order valence-electron chi connectivity index (χ4n) is 1.45. The molecule has 0 heterocycles.